The van der Waals surface area contributed by atoms with E-state index in [-0.39, 0.29) is 28.8 Å². The Labute approximate surface area is 259 Å². The Balaban J connectivity index is 1.61. The van der Waals surface area contributed by atoms with Crippen LogP contribution in [-0.4, -0.2) is 68.7 Å². The van der Waals surface area contributed by atoms with Crippen molar-refractivity contribution >= 4 is 44.9 Å². The molecule has 11 nitrogen and oxygen atoms in total. The summed E-state index contributed by atoms with van der Waals surface area (Å²) in [7, 11) is 0.300. The Bertz CT molecular complexity index is 1900. The van der Waals surface area contributed by atoms with Gasteiger partial charge in [0.2, 0.25) is 5.95 Å². The van der Waals surface area contributed by atoms with Gasteiger partial charge in [-0.05, 0) is 69.0 Å². The van der Waals surface area contributed by atoms with E-state index >= 15 is 0 Å². The zero-order valence-corrected chi connectivity index (χ0v) is 25.8. The largest absolute Gasteiger partial charge is 0.353 e. The maximum absolute atomic E-state index is 15.0. The van der Waals surface area contributed by atoms with E-state index < -0.39 is 39.1 Å². The van der Waals surface area contributed by atoms with Crippen molar-refractivity contribution < 1.29 is 26.8 Å². The second kappa shape index (κ2) is 12.6. The van der Waals surface area contributed by atoms with Crippen LogP contribution in [0.4, 0.5) is 36.7 Å². The fourth-order valence-electron chi connectivity index (χ4n) is 4.79. The van der Waals surface area contributed by atoms with Gasteiger partial charge in [0, 0.05) is 41.7 Å². The molecule has 0 saturated carbocycles. The van der Waals surface area contributed by atoms with E-state index in [1.807, 2.05) is 25.9 Å². The number of nitrogens with zero attached hydrogens (tertiary/aromatic N) is 4. The highest BCUT2D eigenvalue weighted by atomic mass is 32.2. The molecule has 3 N–H and O–H groups in total. The van der Waals surface area contributed by atoms with Crippen molar-refractivity contribution in [3.05, 3.63) is 89.0 Å². The van der Waals surface area contributed by atoms with Crippen LogP contribution in [-0.2, 0) is 16.4 Å². The van der Waals surface area contributed by atoms with Crippen molar-refractivity contribution in [1.82, 2.24) is 20.2 Å². The lowest BCUT2D eigenvalue weighted by Crippen LogP contribution is -2.43. The number of nitrogens with one attached hydrogen (secondary N) is 3. The molecule has 0 radical (unpaired) electrons. The molecule has 1 aliphatic rings. The molecule has 1 aliphatic heterocycles. The Morgan fingerprint density at radius 1 is 1.04 bits per heavy atom. The number of benzene rings is 3. The van der Waals surface area contributed by atoms with Crippen LogP contribution in [0.25, 0.3) is 11.3 Å². The summed E-state index contributed by atoms with van der Waals surface area (Å²) in [6, 6.07) is 13.4. The molecule has 45 heavy (non-hydrogen) atoms. The van der Waals surface area contributed by atoms with E-state index in [9.17, 15) is 26.8 Å². The minimum Gasteiger partial charge on any atom is -0.353 e. The van der Waals surface area contributed by atoms with E-state index in [0.29, 0.717) is 35.6 Å². The first-order valence-corrected chi connectivity index (χ1v) is 15.8. The van der Waals surface area contributed by atoms with Crippen LogP contribution < -0.4 is 20.9 Å². The summed E-state index contributed by atoms with van der Waals surface area (Å²) in [5.74, 6) is -2.29. The Kier molecular flexibility index (Phi) is 8.80. The van der Waals surface area contributed by atoms with Gasteiger partial charge in [-0.3, -0.25) is 4.79 Å². The van der Waals surface area contributed by atoms with Gasteiger partial charge in [0.15, 0.2) is 15.7 Å². The van der Waals surface area contributed by atoms with Crippen LogP contribution in [0.15, 0.2) is 65.6 Å². The quantitative estimate of drug-likeness (QED) is 0.240. The molecule has 0 unspecified atom stereocenters. The maximum atomic E-state index is 15.0. The summed E-state index contributed by atoms with van der Waals surface area (Å²) in [6.45, 7) is 2.83. The molecule has 4 aromatic rings. The second-order valence-electron chi connectivity index (χ2n) is 10.8. The molecule has 0 atom stereocenters. The Morgan fingerprint density at radius 2 is 1.76 bits per heavy atom. The normalized spacial score (nSPS) is 13.0. The van der Waals surface area contributed by atoms with Crippen molar-refractivity contribution in [2.75, 3.05) is 49.0 Å². The summed E-state index contributed by atoms with van der Waals surface area (Å²) >= 11 is 0. The third kappa shape index (κ3) is 6.76. The lowest BCUT2D eigenvalue weighted by Gasteiger charge is -2.31. The maximum Gasteiger partial charge on any atom is 0.328 e. The van der Waals surface area contributed by atoms with Gasteiger partial charge in [0.1, 0.15) is 17.3 Å². The SMILES string of the molecule is Cc1ccc(C(=O)Nc2cccc(S(C)(=O)=O)c2)cc1-c1nc(NCCN(C)C)nc2c1CNC(=O)N2c1c(F)cccc1F. The van der Waals surface area contributed by atoms with Gasteiger partial charge in [-0.25, -0.2) is 31.9 Å². The summed E-state index contributed by atoms with van der Waals surface area (Å²) in [4.78, 5) is 38.5. The molecule has 5 rings (SSSR count). The minimum absolute atomic E-state index is 0.00746. The number of rotatable bonds is 9. The average molecular weight is 636 g/mol. The first-order chi connectivity index (χ1) is 21.3. The van der Waals surface area contributed by atoms with Crippen LogP contribution >= 0.6 is 0 Å². The monoisotopic (exact) mass is 635 g/mol. The van der Waals surface area contributed by atoms with Crippen LogP contribution in [0, 0.1) is 18.6 Å². The molecule has 0 bridgehead atoms. The number of hydrogen-bond donors (Lipinski definition) is 3. The summed E-state index contributed by atoms with van der Waals surface area (Å²) < 4.78 is 54.0. The molecule has 1 aromatic heterocycles. The van der Waals surface area contributed by atoms with E-state index in [0.717, 1.165) is 28.9 Å². The van der Waals surface area contributed by atoms with Gasteiger partial charge >= 0.3 is 6.03 Å². The standard InChI is InChI=1S/C31H31F2N7O4S/c1-18-11-12-19(29(41)36-20-7-5-8-21(16-20)45(4,43)44)15-22(18)26-23-17-35-31(42)40(27-24(32)9-6-10-25(27)33)28(23)38-30(37-26)34-13-14-39(2)3/h5-12,15-16H,13-14,17H2,1-4H3,(H,35,42)(H,36,41)(H,34,37,38). The van der Waals surface area contributed by atoms with Gasteiger partial charge < -0.3 is 20.9 Å². The fourth-order valence-corrected chi connectivity index (χ4v) is 5.46. The number of amides is 3. The number of aromatic nitrogens is 2. The van der Waals surface area contributed by atoms with Crippen molar-refractivity contribution in [1.29, 1.82) is 0 Å². The number of fused-ring (bicyclic) bond motifs is 1. The molecule has 3 aromatic carbocycles. The third-order valence-corrected chi connectivity index (χ3v) is 8.21. The number of halogens is 2. The average Bonchev–Trinajstić information content (AvgIpc) is 2.97. The fraction of sp³-hybridized carbons (Fsp3) is 0.226. The number of anilines is 4. The van der Waals surface area contributed by atoms with E-state index in [1.165, 1.54) is 24.3 Å². The predicted octanol–water partition coefficient (Wildman–Crippen LogP) is 4.72. The second-order valence-corrected chi connectivity index (χ2v) is 12.8. The number of likely N-dealkylation sites (N-methyl/N-ethyl adjacent to an activating group) is 1. The highest BCUT2D eigenvalue weighted by Crippen LogP contribution is 2.39. The number of sulfone groups is 1. The van der Waals surface area contributed by atoms with E-state index in [2.05, 4.69) is 20.9 Å². The summed E-state index contributed by atoms with van der Waals surface area (Å²) in [5, 5.41) is 8.50. The number of hydrogen-bond acceptors (Lipinski definition) is 8. The van der Waals surface area contributed by atoms with Crippen LogP contribution in [0.5, 0.6) is 0 Å². The first-order valence-electron chi connectivity index (χ1n) is 13.9. The molecule has 0 spiro atoms. The summed E-state index contributed by atoms with van der Waals surface area (Å²) in [5.41, 5.74) is 1.94. The third-order valence-electron chi connectivity index (χ3n) is 7.09. The highest BCUT2D eigenvalue weighted by molar-refractivity contribution is 7.90. The molecule has 0 aliphatic carbocycles. The smallest absolute Gasteiger partial charge is 0.328 e. The molecule has 3 amide bonds. The first kappa shape index (κ1) is 31.5. The van der Waals surface area contributed by atoms with Gasteiger partial charge in [-0.15, -0.1) is 0 Å². The van der Waals surface area contributed by atoms with Gasteiger partial charge in [0.25, 0.3) is 5.91 Å². The molecule has 234 valence electrons. The number of urea groups is 1. The zero-order chi connectivity index (χ0) is 32.5. The van der Waals surface area contributed by atoms with Crippen molar-refractivity contribution in [2.45, 2.75) is 18.4 Å². The van der Waals surface area contributed by atoms with Gasteiger partial charge in [-0.2, -0.15) is 4.98 Å². The van der Waals surface area contributed by atoms with Crippen molar-refractivity contribution in [3.63, 3.8) is 0 Å². The van der Waals surface area contributed by atoms with Gasteiger partial charge in [0.05, 0.1) is 17.1 Å². The Morgan fingerprint density at radius 3 is 2.44 bits per heavy atom. The molecular formula is C31H31F2N7O4S. The molecule has 14 heteroatoms. The van der Waals surface area contributed by atoms with Crippen LogP contribution in [0.3, 0.4) is 0 Å². The molecule has 0 saturated heterocycles. The topological polar surface area (TPSA) is 137 Å². The van der Waals surface area contributed by atoms with Crippen LogP contribution in [0.2, 0.25) is 0 Å². The predicted molar refractivity (Wildman–Crippen MR) is 167 cm³/mol. The number of para-hydroxylation sites is 1. The van der Waals surface area contributed by atoms with Crippen molar-refractivity contribution in [2.24, 2.45) is 0 Å². The summed E-state index contributed by atoms with van der Waals surface area (Å²) in [6.07, 6.45) is 1.08. The van der Waals surface area contributed by atoms with E-state index in [4.69, 9.17) is 4.98 Å². The lowest BCUT2D eigenvalue weighted by molar-refractivity contribution is 0.102. The van der Waals surface area contributed by atoms with Crippen LogP contribution in [0.1, 0.15) is 21.5 Å². The zero-order valence-electron chi connectivity index (χ0n) is 25.0. The van der Waals surface area contributed by atoms with E-state index in [1.54, 1.807) is 24.3 Å². The minimum atomic E-state index is -3.49. The molecular weight excluding hydrogens is 604 g/mol. The lowest BCUT2D eigenvalue weighted by atomic mass is 9.97. The van der Waals surface area contributed by atoms with Gasteiger partial charge in [-0.1, -0.05) is 18.2 Å². The highest BCUT2D eigenvalue weighted by Gasteiger charge is 2.34. The molecule has 2 heterocycles. The van der Waals surface area contributed by atoms with Crippen molar-refractivity contribution in [3.8, 4) is 11.3 Å². The Hall–Kier alpha value is -4.95. The number of carbonyl (C=O) groups is 2. The number of aryl methyl sites for hydroxylation is 1. The number of carbonyl (C=O) groups excluding carboxylic acids is 2. The molecule has 0 fully saturated rings.